The van der Waals surface area contributed by atoms with Gasteiger partial charge in [0, 0.05) is 52.4 Å². The van der Waals surface area contributed by atoms with E-state index in [2.05, 4.69) is 21.3 Å². The van der Waals surface area contributed by atoms with Crippen LogP contribution in [0.1, 0.15) is 27.7 Å². The molecule has 0 bridgehead atoms. The van der Waals surface area contributed by atoms with Gasteiger partial charge < -0.3 is 64.6 Å². The Bertz CT molecular complexity index is 209. The van der Waals surface area contributed by atoms with Crippen LogP contribution in [0.2, 0.25) is 0 Å². The van der Waals surface area contributed by atoms with E-state index in [9.17, 15) is 20.4 Å². The molecule has 0 aliphatic rings. The summed E-state index contributed by atoms with van der Waals surface area (Å²) in [7, 11) is 0. The van der Waals surface area contributed by atoms with Gasteiger partial charge in [0.25, 0.3) is 0 Å². The van der Waals surface area contributed by atoms with Crippen LogP contribution in [0.3, 0.4) is 0 Å². The normalized spacial score (nSPS) is 13.7. The van der Waals surface area contributed by atoms with Gasteiger partial charge in [0.2, 0.25) is 0 Å². The quantitative estimate of drug-likeness (QED) is 0.1000. The predicted octanol–water partition coefficient (Wildman–Crippen LogP) is -7.04. The molecule has 0 aromatic heterocycles. The molecular formula is C16H44N8O4Ti. The van der Waals surface area contributed by atoms with E-state index in [0.717, 1.165) is 0 Å². The molecule has 4 atom stereocenters. The van der Waals surface area contributed by atoms with Crippen molar-refractivity contribution in [2.24, 2.45) is 22.9 Å². The first-order valence-electron chi connectivity index (χ1n) is 9.45. The van der Waals surface area contributed by atoms with Gasteiger partial charge >= 0.3 is 21.7 Å². The van der Waals surface area contributed by atoms with Crippen LogP contribution < -0.4 is 64.6 Å². The molecular weight excluding hydrogens is 416 g/mol. The number of hydrogen-bond donors (Lipinski definition) is 8. The van der Waals surface area contributed by atoms with Gasteiger partial charge in [-0.15, -0.1) is 0 Å². The van der Waals surface area contributed by atoms with Crippen LogP contribution in [0, 0.1) is 0 Å². The zero-order chi connectivity index (χ0) is 22.8. The zero-order valence-corrected chi connectivity index (χ0v) is 20.0. The Balaban J connectivity index is -0.0000000873. The summed E-state index contributed by atoms with van der Waals surface area (Å²) in [6.45, 7) is 10.8. The molecule has 12 nitrogen and oxygen atoms in total. The molecule has 4 unspecified atom stereocenters. The Morgan fingerprint density at radius 3 is 0.655 bits per heavy atom. The van der Waals surface area contributed by atoms with Crippen molar-refractivity contribution < 1.29 is 42.1 Å². The molecule has 0 spiro atoms. The van der Waals surface area contributed by atoms with E-state index in [0.29, 0.717) is 52.4 Å². The van der Waals surface area contributed by atoms with E-state index in [4.69, 9.17) is 22.9 Å². The smallest absolute Gasteiger partial charge is 0.841 e. The Kier molecular flexibility index (Phi) is 48.8. The fourth-order valence-electron chi connectivity index (χ4n) is 1.15. The summed E-state index contributed by atoms with van der Waals surface area (Å²) in [5, 5.41) is 50.9. The molecule has 0 aromatic carbocycles. The second-order valence-electron chi connectivity index (χ2n) is 5.54. The molecule has 176 valence electrons. The standard InChI is InChI=1S/4C4H11N2O.Ti/c4*1-4(7)6-3-2-5;/h4*4,6H,2-3,5H2,1H3;/q4*-1;+4. The summed E-state index contributed by atoms with van der Waals surface area (Å²) in [6.07, 6.45) is -2.71. The van der Waals surface area contributed by atoms with Crippen molar-refractivity contribution in [1.82, 2.24) is 21.3 Å². The molecule has 0 amide bonds. The molecule has 0 radical (unpaired) electrons. The van der Waals surface area contributed by atoms with Gasteiger partial charge in [0.1, 0.15) is 0 Å². The summed E-state index contributed by atoms with van der Waals surface area (Å²) in [5.41, 5.74) is 20.3. The van der Waals surface area contributed by atoms with Gasteiger partial charge in [-0.2, -0.15) is 0 Å². The first-order valence-corrected chi connectivity index (χ1v) is 9.45. The van der Waals surface area contributed by atoms with Crippen molar-refractivity contribution in [2.45, 2.75) is 52.6 Å². The Morgan fingerprint density at radius 2 is 0.621 bits per heavy atom. The molecule has 0 fully saturated rings. The zero-order valence-electron chi connectivity index (χ0n) is 18.4. The topological polar surface area (TPSA) is 244 Å². The van der Waals surface area contributed by atoms with Crippen LogP contribution in [-0.2, 0) is 21.7 Å². The molecule has 0 rings (SSSR count). The van der Waals surface area contributed by atoms with Crippen molar-refractivity contribution >= 4 is 0 Å². The molecule has 0 aromatic rings. The van der Waals surface area contributed by atoms with E-state index in [1.165, 1.54) is 0 Å². The van der Waals surface area contributed by atoms with E-state index >= 15 is 0 Å². The fourth-order valence-corrected chi connectivity index (χ4v) is 1.15. The molecule has 0 heterocycles. The minimum Gasteiger partial charge on any atom is -0.841 e. The van der Waals surface area contributed by atoms with Gasteiger partial charge in [-0.05, 0) is 0 Å². The minimum atomic E-state index is -0.677. The molecule has 0 aliphatic heterocycles. The van der Waals surface area contributed by atoms with E-state index in [1.807, 2.05) is 0 Å². The van der Waals surface area contributed by atoms with E-state index < -0.39 is 24.9 Å². The third-order valence-corrected chi connectivity index (χ3v) is 2.30. The first-order chi connectivity index (χ1) is 13.1. The molecule has 0 aliphatic carbocycles. The van der Waals surface area contributed by atoms with E-state index in [1.54, 1.807) is 27.7 Å². The minimum absolute atomic E-state index is 0. The van der Waals surface area contributed by atoms with Crippen molar-refractivity contribution in [3.63, 3.8) is 0 Å². The summed E-state index contributed by atoms with van der Waals surface area (Å²) >= 11 is 0. The SMILES string of the molecule is CC([O-])NCCN.CC([O-])NCCN.CC([O-])NCCN.CC([O-])NCCN.[Ti+4]. The summed E-state index contributed by atoms with van der Waals surface area (Å²) < 4.78 is 0. The Labute approximate surface area is 191 Å². The summed E-state index contributed by atoms with van der Waals surface area (Å²) in [6, 6.07) is 0. The maximum Gasteiger partial charge on any atom is 4.00 e. The largest absolute Gasteiger partial charge is 4.00 e. The van der Waals surface area contributed by atoms with Crippen LogP contribution in [0.5, 0.6) is 0 Å². The molecule has 29 heavy (non-hydrogen) atoms. The number of nitrogens with two attached hydrogens (primary N) is 4. The van der Waals surface area contributed by atoms with E-state index in [-0.39, 0.29) is 21.7 Å². The number of nitrogens with one attached hydrogen (secondary N) is 4. The fraction of sp³-hybridized carbons (Fsp3) is 1.00. The third-order valence-electron chi connectivity index (χ3n) is 2.30. The summed E-state index contributed by atoms with van der Waals surface area (Å²) in [5.74, 6) is 0. The van der Waals surface area contributed by atoms with Crippen LogP contribution in [0.25, 0.3) is 0 Å². The maximum atomic E-state index is 10.1. The van der Waals surface area contributed by atoms with Gasteiger partial charge in [0.15, 0.2) is 0 Å². The van der Waals surface area contributed by atoms with Gasteiger partial charge in [-0.3, -0.25) is 0 Å². The first kappa shape index (κ1) is 39.7. The van der Waals surface area contributed by atoms with Crippen molar-refractivity contribution in [3.8, 4) is 0 Å². The van der Waals surface area contributed by atoms with Gasteiger partial charge in [-0.1, -0.05) is 52.6 Å². The summed E-state index contributed by atoms with van der Waals surface area (Å²) in [4.78, 5) is 0. The van der Waals surface area contributed by atoms with Crippen LogP contribution >= 0.6 is 0 Å². The molecule has 12 N–H and O–H groups in total. The predicted molar refractivity (Wildman–Crippen MR) is 106 cm³/mol. The van der Waals surface area contributed by atoms with Crippen LogP contribution in [-0.4, -0.2) is 77.3 Å². The van der Waals surface area contributed by atoms with Crippen LogP contribution in [0.4, 0.5) is 0 Å². The Morgan fingerprint density at radius 1 is 0.483 bits per heavy atom. The van der Waals surface area contributed by atoms with Crippen molar-refractivity contribution in [3.05, 3.63) is 0 Å². The third kappa shape index (κ3) is 73.7. The second kappa shape index (κ2) is 35.7. The Hall–Kier alpha value is 0.234. The van der Waals surface area contributed by atoms with Crippen LogP contribution in [0.15, 0.2) is 0 Å². The van der Waals surface area contributed by atoms with Gasteiger partial charge in [-0.25, -0.2) is 0 Å². The monoisotopic (exact) mass is 460 g/mol. The molecule has 0 saturated carbocycles. The molecule has 0 saturated heterocycles. The number of hydrogen-bond acceptors (Lipinski definition) is 12. The van der Waals surface area contributed by atoms with Crippen molar-refractivity contribution in [1.29, 1.82) is 0 Å². The average molecular weight is 460 g/mol. The second-order valence-corrected chi connectivity index (χ2v) is 5.54. The van der Waals surface area contributed by atoms with Gasteiger partial charge in [0.05, 0.1) is 0 Å². The van der Waals surface area contributed by atoms with Crippen molar-refractivity contribution in [2.75, 3.05) is 52.4 Å². The average Bonchev–Trinajstić information content (AvgIpc) is 2.62. The maximum absolute atomic E-state index is 10.1. The molecule has 13 heteroatoms. The number of rotatable bonds is 12.